The van der Waals surface area contributed by atoms with Crippen molar-refractivity contribution >= 4 is 28.6 Å². The Morgan fingerprint density at radius 3 is 2.79 bits per heavy atom. The van der Waals surface area contributed by atoms with Crippen LogP contribution in [0.25, 0.3) is 0 Å². The van der Waals surface area contributed by atoms with E-state index in [0.717, 1.165) is 16.6 Å². The highest BCUT2D eigenvalue weighted by molar-refractivity contribution is 7.16. The van der Waals surface area contributed by atoms with Crippen molar-refractivity contribution < 1.29 is 9.47 Å². The second-order valence-electron chi connectivity index (χ2n) is 3.79. The predicted molar refractivity (Wildman–Crippen MR) is 78.3 cm³/mol. The highest BCUT2D eigenvalue weighted by Crippen LogP contribution is 2.22. The molecule has 2 aromatic rings. The number of nitrogens with one attached hydrogen (secondary N) is 1. The maximum absolute atomic E-state index is 5.88. The maximum Gasteiger partial charge on any atom is 0.213 e. The van der Waals surface area contributed by atoms with E-state index in [1.165, 1.54) is 4.88 Å². The minimum atomic E-state index is 0.504. The van der Waals surface area contributed by atoms with Crippen molar-refractivity contribution in [2.45, 2.75) is 6.54 Å². The third kappa shape index (κ3) is 4.70. The van der Waals surface area contributed by atoms with Gasteiger partial charge in [0.15, 0.2) is 0 Å². The Kier molecular flexibility index (Phi) is 5.44. The number of methoxy groups -OCH3 is 1. The van der Waals surface area contributed by atoms with E-state index in [-0.39, 0.29) is 0 Å². The van der Waals surface area contributed by atoms with Crippen molar-refractivity contribution in [3.8, 4) is 5.88 Å². The Labute approximate surface area is 121 Å². The lowest BCUT2D eigenvalue weighted by Crippen LogP contribution is -2.05. The van der Waals surface area contributed by atoms with Crippen molar-refractivity contribution in [1.29, 1.82) is 0 Å². The summed E-state index contributed by atoms with van der Waals surface area (Å²) < 4.78 is 11.1. The predicted octanol–water partition coefficient (Wildman–Crippen LogP) is 3.43. The molecule has 6 heteroatoms. The number of rotatable bonds is 7. The van der Waals surface area contributed by atoms with Gasteiger partial charge < -0.3 is 14.8 Å². The summed E-state index contributed by atoms with van der Waals surface area (Å²) >= 11 is 7.44. The van der Waals surface area contributed by atoms with Crippen LogP contribution < -0.4 is 10.1 Å². The van der Waals surface area contributed by atoms with Crippen LogP contribution in [0.2, 0.25) is 4.34 Å². The third-order valence-corrected chi connectivity index (χ3v) is 3.60. The summed E-state index contributed by atoms with van der Waals surface area (Å²) in [4.78, 5) is 5.39. The van der Waals surface area contributed by atoms with E-state index in [1.807, 2.05) is 24.3 Å². The first-order chi connectivity index (χ1) is 9.28. The van der Waals surface area contributed by atoms with Crippen molar-refractivity contribution in [3.05, 3.63) is 39.7 Å². The molecule has 0 unspecified atom stereocenters. The van der Waals surface area contributed by atoms with Crippen LogP contribution in [0, 0.1) is 0 Å². The average Bonchev–Trinajstić information content (AvgIpc) is 2.84. The molecular weight excluding hydrogens is 284 g/mol. The van der Waals surface area contributed by atoms with Crippen LogP contribution in [0.5, 0.6) is 5.88 Å². The molecule has 19 heavy (non-hydrogen) atoms. The first-order valence-corrected chi connectivity index (χ1v) is 7.03. The number of hydrogen-bond donors (Lipinski definition) is 1. The number of halogens is 1. The first-order valence-electron chi connectivity index (χ1n) is 5.84. The van der Waals surface area contributed by atoms with Crippen molar-refractivity contribution in [2.24, 2.45) is 0 Å². The lowest BCUT2D eigenvalue weighted by atomic mass is 10.4. The zero-order valence-electron chi connectivity index (χ0n) is 10.6. The number of pyridine rings is 1. The van der Waals surface area contributed by atoms with Crippen LogP contribution in [-0.2, 0) is 11.3 Å². The molecule has 0 fully saturated rings. The fourth-order valence-electron chi connectivity index (χ4n) is 1.44. The minimum Gasteiger partial charge on any atom is -0.475 e. The molecule has 2 aromatic heterocycles. The normalized spacial score (nSPS) is 10.4. The van der Waals surface area contributed by atoms with E-state index in [4.69, 9.17) is 21.1 Å². The van der Waals surface area contributed by atoms with Crippen LogP contribution in [0.4, 0.5) is 5.69 Å². The zero-order valence-corrected chi connectivity index (χ0v) is 12.1. The Hall–Kier alpha value is -1.30. The number of ether oxygens (including phenoxy) is 2. The van der Waals surface area contributed by atoms with Crippen LogP contribution in [0.3, 0.4) is 0 Å². The van der Waals surface area contributed by atoms with Gasteiger partial charge in [-0.1, -0.05) is 11.6 Å². The number of nitrogens with zero attached hydrogens (tertiary/aromatic N) is 1. The van der Waals surface area contributed by atoms with Gasteiger partial charge in [0.05, 0.1) is 22.8 Å². The molecule has 0 spiro atoms. The van der Waals surface area contributed by atoms with Gasteiger partial charge in [0.25, 0.3) is 0 Å². The zero-order chi connectivity index (χ0) is 13.5. The number of anilines is 1. The third-order valence-electron chi connectivity index (χ3n) is 2.37. The fraction of sp³-hybridized carbons (Fsp3) is 0.308. The molecule has 0 bridgehead atoms. The quantitative estimate of drug-likeness (QED) is 0.795. The molecule has 2 rings (SSSR count). The molecule has 1 N–H and O–H groups in total. The minimum absolute atomic E-state index is 0.504. The molecule has 0 radical (unpaired) electrons. The van der Waals surface area contributed by atoms with Gasteiger partial charge >= 0.3 is 0 Å². The lowest BCUT2D eigenvalue weighted by Gasteiger charge is -2.07. The van der Waals surface area contributed by atoms with E-state index in [0.29, 0.717) is 19.1 Å². The summed E-state index contributed by atoms with van der Waals surface area (Å²) in [5.41, 5.74) is 0.948. The largest absolute Gasteiger partial charge is 0.475 e. The molecule has 4 nitrogen and oxygen atoms in total. The second-order valence-corrected chi connectivity index (χ2v) is 5.59. The number of aromatic nitrogens is 1. The maximum atomic E-state index is 5.88. The highest BCUT2D eigenvalue weighted by Gasteiger charge is 1.99. The first kappa shape index (κ1) is 14.1. The van der Waals surface area contributed by atoms with E-state index in [1.54, 1.807) is 24.6 Å². The molecule has 0 aliphatic heterocycles. The monoisotopic (exact) mass is 298 g/mol. The van der Waals surface area contributed by atoms with Crippen molar-refractivity contribution in [3.63, 3.8) is 0 Å². The summed E-state index contributed by atoms with van der Waals surface area (Å²) in [6.45, 7) is 1.80. The van der Waals surface area contributed by atoms with Gasteiger partial charge in [-0.2, -0.15) is 0 Å². The number of thiophene rings is 1. The van der Waals surface area contributed by atoms with Crippen molar-refractivity contribution in [1.82, 2.24) is 4.98 Å². The highest BCUT2D eigenvalue weighted by atomic mass is 35.5. The summed E-state index contributed by atoms with van der Waals surface area (Å²) in [5.74, 6) is 0.599. The van der Waals surface area contributed by atoms with Crippen LogP contribution in [0.15, 0.2) is 30.5 Å². The molecule has 0 amide bonds. The molecule has 102 valence electrons. The number of hydrogen-bond acceptors (Lipinski definition) is 5. The summed E-state index contributed by atoms with van der Waals surface area (Å²) in [7, 11) is 1.64. The Bertz CT molecular complexity index is 502. The Morgan fingerprint density at radius 1 is 1.26 bits per heavy atom. The lowest BCUT2D eigenvalue weighted by molar-refractivity contribution is 0.144. The topological polar surface area (TPSA) is 43.4 Å². The fourth-order valence-corrected chi connectivity index (χ4v) is 2.46. The van der Waals surface area contributed by atoms with Gasteiger partial charge in [0.2, 0.25) is 5.88 Å². The van der Waals surface area contributed by atoms with E-state index < -0.39 is 0 Å². The average molecular weight is 299 g/mol. The van der Waals surface area contributed by atoms with Gasteiger partial charge in [-0.05, 0) is 18.2 Å². The van der Waals surface area contributed by atoms with Crippen LogP contribution in [-0.4, -0.2) is 25.3 Å². The van der Waals surface area contributed by atoms with E-state index in [9.17, 15) is 0 Å². The molecular formula is C13H15ClN2O2S. The van der Waals surface area contributed by atoms with Crippen LogP contribution in [0.1, 0.15) is 4.88 Å². The molecule has 0 saturated carbocycles. The van der Waals surface area contributed by atoms with E-state index in [2.05, 4.69) is 10.3 Å². The molecule has 0 saturated heterocycles. The van der Waals surface area contributed by atoms with Gasteiger partial charge in [0.1, 0.15) is 6.61 Å². The molecule has 0 aromatic carbocycles. The van der Waals surface area contributed by atoms with Gasteiger partial charge in [0, 0.05) is 24.6 Å². The SMILES string of the molecule is COCCOc1ccc(NCc2ccc(Cl)s2)cn1. The summed E-state index contributed by atoms with van der Waals surface area (Å²) in [5, 5.41) is 3.28. The second kappa shape index (κ2) is 7.33. The van der Waals surface area contributed by atoms with Gasteiger partial charge in [-0.15, -0.1) is 11.3 Å². The van der Waals surface area contributed by atoms with Gasteiger partial charge in [-0.25, -0.2) is 4.98 Å². The molecule has 0 atom stereocenters. The van der Waals surface area contributed by atoms with Gasteiger partial charge in [-0.3, -0.25) is 0 Å². The summed E-state index contributed by atoms with van der Waals surface area (Å²) in [6, 6.07) is 7.67. The van der Waals surface area contributed by atoms with Crippen molar-refractivity contribution in [2.75, 3.05) is 25.6 Å². The smallest absolute Gasteiger partial charge is 0.213 e. The molecule has 2 heterocycles. The van der Waals surface area contributed by atoms with Crippen LogP contribution >= 0.6 is 22.9 Å². The Balaban J connectivity index is 1.81. The molecule has 0 aliphatic carbocycles. The summed E-state index contributed by atoms with van der Waals surface area (Å²) in [6.07, 6.45) is 1.75. The van der Waals surface area contributed by atoms with E-state index >= 15 is 0 Å². The molecule has 0 aliphatic rings. The Morgan fingerprint density at radius 2 is 2.16 bits per heavy atom. The standard InChI is InChI=1S/C13H15ClN2O2S/c1-17-6-7-18-13-5-2-10(8-16-13)15-9-11-3-4-12(14)19-11/h2-5,8,15H,6-7,9H2,1H3.